The molecule has 0 heterocycles. The highest BCUT2D eigenvalue weighted by Crippen LogP contribution is 2.35. The molecule has 2 nitrogen and oxygen atoms in total. The van der Waals surface area contributed by atoms with Crippen molar-refractivity contribution in [1.82, 2.24) is 0 Å². The minimum atomic E-state index is -0.574. The predicted molar refractivity (Wildman–Crippen MR) is 78.6 cm³/mol. The molecular weight excluding hydrogens is 354 g/mol. The van der Waals surface area contributed by atoms with Gasteiger partial charge in [-0.15, -0.1) is 0 Å². The van der Waals surface area contributed by atoms with Gasteiger partial charge in [0.1, 0.15) is 6.07 Å². The Kier molecular flexibility index (Phi) is 4.31. The van der Waals surface area contributed by atoms with Crippen LogP contribution in [0.1, 0.15) is 5.56 Å². The molecule has 0 aliphatic heterocycles. The first-order valence-electron chi connectivity index (χ1n) is 5.13. The van der Waals surface area contributed by atoms with E-state index in [0.29, 0.717) is 15.7 Å². The molecule has 0 radical (unpaired) electrons. The number of rotatable bonds is 2. The van der Waals surface area contributed by atoms with Crippen molar-refractivity contribution in [3.05, 3.63) is 56.2 Å². The summed E-state index contributed by atoms with van der Waals surface area (Å²) in [6.45, 7) is 0. The van der Waals surface area contributed by atoms with E-state index in [1.807, 2.05) is 6.07 Å². The summed E-state index contributed by atoms with van der Waals surface area (Å²) >= 11 is 15.0. The molecule has 0 atom stereocenters. The van der Waals surface area contributed by atoms with E-state index in [2.05, 4.69) is 21.2 Å². The summed E-state index contributed by atoms with van der Waals surface area (Å²) in [5.41, 5.74) is 0.815. The summed E-state index contributed by atoms with van der Waals surface area (Å²) in [6, 6.07) is 9.83. The number of nitrogens with one attached hydrogen (secondary N) is 1. The zero-order valence-corrected chi connectivity index (χ0v) is 12.4. The molecule has 96 valence electrons. The van der Waals surface area contributed by atoms with Crippen LogP contribution in [0.3, 0.4) is 0 Å². The molecule has 0 saturated heterocycles. The Morgan fingerprint density at radius 1 is 1.16 bits per heavy atom. The van der Waals surface area contributed by atoms with Crippen LogP contribution < -0.4 is 5.32 Å². The van der Waals surface area contributed by atoms with Crippen LogP contribution in [-0.2, 0) is 0 Å². The second-order valence-electron chi connectivity index (χ2n) is 3.62. The van der Waals surface area contributed by atoms with Gasteiger partial charge in [-0.25, -0.2) is 4.39 Å². The van der Waals surface area contributed by atoms with E-state index in [0.717, 1.165) is 0 Å². The van der Waals surface area contributed by atoms with Gasteiger partial charge in [0.15, 0.2) is 5.82 Å². The summed E-state index contributed by atoms with van der Waals surface area (Å²) in [7, 11) is 0. The monoisotopic (exact) mass is 358 g/mol. The Morgan fingerprint density at radius 2 is 1.79 bits per heavy atom. The van der Waals surface area contributed by atoms with Gasteiger partial charge in [0.2, 0.25) is 0 Å². The van der Waals surface area contributed by atoms with E-state index in [-0.39, 0.29) is 15.7 Å². The van der Waals surface area contributed by atoms with Crippen molar-refractivity contribution in [2.45, 2.75) is 0 Å². The highest BCUT2D eigenvalue weighted by Gasteiger charge is 2.13. The van der Waals surface area contributed by atoms with Crippen molar-refractivity contribution in [1.29, 1.82) is 5.26 Å². The number of hydrogen-bond donors (Lipinski definition) is 1. The van der Waals surface area contributed by atoms with Gasteiger partial charge in [-0.05, 0) is 40.2 Å². The topological polar surface area (TPSA) is 35.8 Å². The van der Waals surface area contributed by atoms with Gasteiger partial charge in [-0.2, -0.15) is 5.26 Å². The molecule has 0 saturated carbocycles. The molecule has 1 N–H and O–H groups in total. The molecule has 0 fully saturated rings. The van der Waals surface area contributed by atoms with E-state index < -0.39 is 5.82 Å². The van der Waals surface area contributed by atoms with Crippen molar-refractivity contribution in [3.8, 4) is 6.07 Å². The Morgan fingerprint density at radius 3 is 2.37 bits per heavy atom. The van der Waals surface area contributed by atoms with Gasteiger partial charge < -0.3 is 5.32 Å². The quantitative estimate of drug-likeness (QED) is 0.767. The predicted octanol–water partition coefficient (Wildman–Crippen LogP) is 5.51. The number of hydrogen-bond acceptors (Lipinski definition) is 2. The number of nitriles is 1. The average Bonchev–Trinajstić information content (AvgIpc) is 2.39. The van der Waals surface area contributed by atoms with Gasteiger partial charge in [-0.1, -0.05) is 29.3 Å². The van der Waals surface area contributed by atoms with Gasteiger partial charge in [0.05, 0.1) is 31.5 Å². The molecule has 0 spiro atoms. The molecule has 0 aromatic heterocycles. The van der Waals surface area contributed by atoms with Gasteiger partial charge >= 0.3 is 0 Å². The van der Waals surface area contributed by atoms with Crippen molar-refractivity contribution < 1.29 is 4.39 Å². The van der Waals surface area contributed by atoms with Crippen molar-refractivity contribution in [3.63, 3.8) is 0 Å². The van der Waals surface area contributed by atoms with Gasteiger partial charge in [-0.3, -0.25) is 0 Å². The molecule has 0 amide bonds. The highest BCUT2D eigenvalue weighted by molar-refractivity contribution is 9.10. The van der Waals surface area contributed by atoms with Crippen molar-refractivity contribution in [2.75, 3.05) is 5.32 Å². The fourth-order valence-electron chi connectivity index (χ4n) is 1.48. The third kappa shape index (κ3) is 2.84. The number of halogens is 4. The number of nitrogens with zero attached hydrogens (tertiary/aromatic N) is 1. The van der Waals surface area contributed by atoms with Crippen LogP contribution in [0.5, 0.6) is 0 Å². The minimum Gasteiger partial charge on any atom is -0.351 e. The molecular formula is C13H6BrCl2FN2. The lowest BCUT2D eigenvalue weighted by Crippen LogP contribution is -1.97. The van der Waals surface area contributed by atoms with Crippen molar-refractivity contribution >= 4 is 50.5 Å². The summed E-state index contributed by atoms with van der Waals surface area (Å²) < 4.78 is 14.2. The first-order valence-corrected chi connectivity index (χ1v) is 6.68. The number of para-hydroxylation sites is 1. The van der Waals surface area contributed by atoms with Gasteiger partial charge in [0.25, 0.3) is 0 Å². The molecule has 0 unspecified atom stereocenters. The largest absolute Gasteiger partial charge is 0.351 e. The van der Waals surface area contributed by atoms with Crippen LogP contribution in [0.4, 0.5) is 15.8 Å². The second-order valence-corrected chi connectivity index (χ2v) is 5.23. The molecule has 0 bridgehead atoms. The van der Waals surface area contributed by atoms with Crippen LogP contribution in [0.15, 0.2) is 34.8 Å². The lowest BCUT2D eigenvalue weighted by Gasteiger charge is -2.12. The SMILES string of the molecule is N#Cc1ccc(Nc2c(Cl)cccc2Cl)c(F)c1Br. The van der Waals surface area contributed by atoms with Gasteiger partial charge in [0, 0.05) is 0 Å². The maximum absolute atomic E-state index is 14.1. The molecule has 6 heteroatoms. The van der Waals surface area contributed by atoms with Crippen LogP contribution in [0.25, 0.3) is 0 Å². The summed E-state index contributed by atoms with van der Waals surface area (Å²) in [4.78, 5) is 0. The Labute approximate surface area is 127 Å². The first-order chi connectivity index (χ1) is 9.04. The molecule has 19 heavy (non-hydrogen) atoms. The fourth-order valence-corrected chi connectivity index (χ4v) is 2.41. The average molecular weight is 360 g/mol. The zero-order valence-electron chi connectivity index (χ0n) is 9.35. The number of anilines is 2. The Balaban J connectivity index is 2.46. The third-order valence-corrected chi connectivity index (χ3v) is 3.83. The van der Waals surface area contributed by atoms with Crippen LogP contribution in [-0.4, -0.2) is 0 Å². The normalized spacial score (nSPS) is 10.1. The second kappa shape index (κ2) is 5.79. The maximum Gasteiger partial charge on any atom is 0.162 e. The summed E-state index contributed by atoms with van der Waals surface area (Å²) in [6.07, 6.45) is 0. The van der Waals surface area contributed by atoms with E-state index in [1.54, 1.807) is 18.2 Å². The molecule has 2 aromatic rings. The minimum absolute atomic E-state index is 0.100. The smallest absolute Gasteiger partial charge is 0.162 e. The summed E-state index contributed by atoms with van der Waals surface area (Å²) in [5.74, 6) is -0.574. The van der Waals surface area contributed by atoms with E-state index >= 15 is 0 Å². The molecule has 2 rings (SSSR count). The lowest BCUT2D eigenvalue weighted by atomic mass is 10.2. The lowest BCUT2D eigenvalue weighted by molar-refractivity contribution is 0.624. The van der Waals surface area contributed by atoms with E-state index in [1.165, 1.54) is 12.1 Å². The fraction of sp³-hybridized carbons (Fsp3) is 0. The first kappa shape index (κ1) is 14.1. The molecule has 2 aromatic carbocycles. The number of benzene rings is 2. The van der Waals surface area contributed by atoms with Crippen LogP contribution in [0, 0.1) is 17.1 Å². The maximum atomic E-state index is 14.1. The summed E-state index contributed by atoms with van der Waals surface area (Å²) in [5, 5.41) is 12.4. The van der Waals surface area contributed by atoms with E-state index in [9.17, 15) is 4.39 Å². The Bertz CT molecular complexity index is 663. The Hall–Kier alpha value is -1.28. The third-order valence-electron chi connectivity index (χ3n) is 2.43. The molecule has 0 aliphatic rings. The zero-order chi connectivity index (χ0) is 14.0. The van der Waals surface area contributed by atoms with Crippen molar-refractivity contribution in [2.24, 2.45) is 0 Å². The standard InChI is InChI=1S/C13H6BrCl2FN2/c14-11-7(6-18)4-5-10(12(11)17)19-13-8(15)2-1-3-9(13)16/h1-5,19H. The highest BCUT2D eigenvalue weighted by atomic mass is 79.9. The molecule has 0 aliphatic carbocycles. The van der Waals surface area contributed by atoms with Crippen LogP contribution >= 0.6 is 39.1 Å². The van der Waals surface area contributed by atoms with E-state index in [4.69, 9.17) is 28.5 Å². The van der Waals surface area contributed by atoms with Crippen LogP contribution in [0.2, 0.25) is 10.0 Å².